The van der Waals surface area contributed by atoms with Gasteiger partial charge in [0.2, 0.25) is 5.91 Å². The Balaban J connectivity index is 2.10. The Morgan fingerprint density at radius 3 is 2.22 bits per heavy atom. The van der Waals surface area contributed by atoms with Crippen LogP contribution in [0.25, 0.3) is 0 Å². The first kappa shape index (κ1) is 20.0. The van der Waals surface area contributed by atoms with Gasteiger partial charge in [-0.3, -0.25) is 4.79 Å². The van der Waals surface area contributed by atoms with E-state index in [9.17, 15) is 19.5 Å². The minimum Gasteiger partial charge on any atom is -0.480 e. The number of urea groups is 1. The second-order valence-corrected chi connectivity index (χ2v) is 6.27. The van der Waals surface area contributed by atoms with Crippen molar-refractivity contribution < 1.29 is 19.5 Å². The molecule has 0 aliphatic heterocycles. The number of carboxylic acid groups (broad SMARTS) is 1. The van der Waals surface area contributed by atoms with Crippen molar-refractivity contribution in [2.24, 2.45) is 5.73 Å². The van der Waals surface area contributed by atoms with Crippen molar-refractivity contribution in [3.8, 4) is 0 Å². The first-order valence-corrected chi connectivity index (χ1v) is 8.54. The Kier molecular flexibility index (Phi) is 6.93. The molecule has 0 aromatic heterocycles. The highest BCUT2D eigenvalue weighted by Gasteiger charge is 2.24. The van der Waals surface area contributed by atoms with E-state index in [1.54, 1.807) is 36.4 Å². The summed E-state index contributed by atoms with van der Waals surface area (Å²) in [6.45, 7) is 1.86. The van der Waals surface area contributed by atoms with Gasteiger partial charge in [0, 0.05) is 6.42 Å². The van der Waals surface area contributed by atoms with Crippen LogP contribution in [0.5, 0.6) is 0 Å². The number of rotatable bonds is 8. The summed E-state index contributed by atoms with van der Waals surface area (Å²) in [6.07, 6.45) is 0.0482. The molecule has 7 heteroatoms. The lowest BCUT2D eigenvalue weighted by Gasteiger charge is -2.21. The molecule has 0 fully saturated rings. The summed E-state index contributed by atoms with van der Waals surface area (Å²) in [6, 6.07) is 13.9. The maximum absolute atomic E-state index is 12.5. The summed E-state index contributed by atoms with van der Waals surface area (Å²) in [5, 5.41) is 14.5. The summed E-state index contributed by atoms with van der Waals surface area (Å²) in [5.41, 5.74) is 7.68. The van der Waals surface area contributed by atoms with Crippen molar-refractivity contribution in [1.29, 1.82) is 0 Å². The molecule has 2 rings (SSSR count). The third kappa shape index (κ3) is 6.14. The van der Waals surface area contributed by atoms with Gasteiger partial charge >= 0.3 is 12.0 Å². The highest BCUT2D eigenvalue weighted by molar-refractivity contribution is 5.84. The Morgan fingerprint density at radius 1 is 1.00 bits per heavy atom. The van der Waals surface area contributed by atoms with E-state index in [0.29, 0.717) is 0 Å². The van der Waals surface area contributed by atoms with E-state index in [0.717, 1.165) is 16.7 Å². The summed E-state index contributed by atoms with van der Waals surface area (Å²) < 4.78 is 0. The number of benzene rings is 2. The molecule has 2 aromatic carbocycles. The summed E-state index contributed by atoms with van der Waals surface area (Å²) >= 11 is 0. The minimum absolute atomic E-state index is 0.119. The normalized spacial score (nSPS) is 12.6. The van der Waals surface area contributed by atoms with Gasteiger partial charge in [0.25, 0.3) is 0 Å². The molecule has 0 bridgehead atoms. The average Bonchev–Trinajstić information content (AvgIpc) is 2.61. The molecule has 2 atom stereocenters. The second kappa shape index (κ2) is 9.38. The number of aryl methyl sites for hydroxylation is 1. The number of amides is 3. The predicted molar refractivity (Wildman–Crippen MR) is 101 cm³/mol. The molecule has 0 saturated carbocycles. The van der Waals surface area contributed by atoms with E-state index in [1.807, 2.05) is 25.1 Å². The van der Waals surface area contributed by atoms with Crippen LogP contribution in [0, 0.1) is 6.92 Å². The third-order valence-corrected chi connectivity index (χ3v) is 4.19. The van der Waals surface area contributed by atoms with E-state index in [4.69, 9.17) is 5.73 Å². The minimum atomic E-state index is -1.12. The number of nitrogens with two attached hydrogens (primary N) is 1. The number of aliphatic carboxylic acids is 1. The van der Waals surface area contributed by atoms with Gasteiger partial charge in [-0.2, -0.15) is 0 Å². The molecule has 0 heterocycles. The SMILES string of the molecule is Cc1ccccc1C(CC(=O)N[C@@H](Cc1ccccc1)C(=O)O)NC(N)=O. The molecule has 0 spiro atoms. The molecule has 7 nitrogen and oxygen atoms in total. The van der Waals surface area contributed by atoms with Crippen molar-refractivity contribution >= 4 is 17.9 Å². The maximum atomic E-state index is 12.5. The van der Waals surface area contributed by atoms with Gasteiger partial charge < -0.3 is 21.5 Å². The van der Waals surface area contributed by atoms with Crippen molar-refractivity contribution in [2.75, 3.05) is 0 Å². The van der Waals surface area contributed by atoms with E-state index in [-0.39, 0.29) is 12.8 Å². The van der Waals surface area contributed by atoms with Crippen LogP contribution in [0.4, 0.5) is 4.79 Å². The number of hydrogen-bond donors (Lipinski definition) is 4. The lowest BCUT2D eigenvalue weighted by Crippen LogP contribution is -2.44. The molecule has 0 aliphatic rings. The Morgan fingerprint density at radius 2 is 1.63 bits per heavy atom. The van der Waals surface area contributed by atoms with Crippen LogP contribution in [0.2, 0.25) is 0 Å². The third-order valence-electron chi connectivity index (χ3n) is 4.19. The topological polar surface area (TPSA) is 122 Å². The fourth-order valence-corrected chi connectivity index (χ4v) is 2.88. The van der Waals surface area contributed by atoms with Crippen LogP contribution >= 0.6 is 0 Å². The van der Waals surface area contributed by atoms with Gasteiger partial charge in [0.1, 0.15) is 6.04 Å². The molecule has 142 valence electrons. The zero-order valence-electron chi connectivity index (χ0n) is 15.0. The molecule has 5 N–H and O–H groups in total. The molecule has 27 heavy (non-hydrogen) atoms. The number of carbonyl (C=O) groups excluding carboxylic acids is 2. The van der Waals surface area contributed by atoms with Crippen LogP contribution in [0.1, 0.15) is 29.2 Å². The predicted octanol–water partition coefficient (Wildman–Crippen LogP) is 1.91. The number of carboxylic acids is 1. The zero-order valence-corrected chi connectivity index (χ0v) is 15.0. The molecular formula is C20H23N3O4. The highest BCUT2D eigenvalue weighted by atomic mass is 16.4. The lowest BCUT2D eigenvalue weighted by atomic mass is 9.98. The lowest BCUT2D eigenvalue weighted by molar-refractivity contribution is -0.141. The summed E-state index contributed by atoms with van der Waals surface area (Å²) in [5.74, 6) is -1.61. The number of carbonyl (C=O) groups is 3. The van der Waals surface area contributed by atoms with E-state index >= 15 is 0 Å². The zero-order chi connectivity index (χ0) is 19.8. The molecular weight excluding hydrogens is 346 g/mol. The molecule has 0 aliphatic carbocycles. The molecule has 2 aromatic rings. The first-order chi connectivity index (χ1) is 12.9. The summed E-state index contributed by atoms with van der Waals surface area (Å²) in [7, 11) is 0. The van der Waals surface area contributed by atoms with Crippen molar-refractivity contribution in [3.63, 3.8) is 0 Å². The van der Waals surface area contributed by atoms with Crippen LogP contribution in [-0.4, -0.2) is 29.1 Å². The molecule has 1 unspecified atom stereocenters. The average molecular weight is 369 g/mol. The number of primary amides is 1. The largest absolute Gasteiger partial charge is 0.480 e. The Bertz CT molecular complexity index is 808. The van der Waals surface area contributed by atoms with Gasteiger partial charge in [-0.05, 0) is 23.6 Å². The van der Waals surface area contributed by atoms with Crippen molar-refractivity contribution in [3.05, 3.63) is 71.3 Å². The van der Waals surface area contributed by atoms with Crippen molar-refractivity contribution in [2.45, 2.75) is 31.8 Å². The summed E-state index contributed by atoms with van der Waals surface area (Å²) in [4.78, 5) is 35.3. The molecule has 3 amide bonds. The highest BCUT2D eigenvalue weighted by Crippen LogP contribution is 2.20. The number of nitrogens with one attached hydrogen (secondary N) is 2. The fraction of sp³-hybridized carbons (Fsp3) is 0.250. The van der Waals surface area contributed by atoms with E-state index in [2.05, 4.69) is 10.6 Å². The van der Waals surface area contributed by atoms with Gasteiger partial charge in [-0.1, -0.05) is 54.6 Å². The van der Waals surface area contributed by atoms with Gasteiger partial charge in [0.05, 0.1) is 12.5 Å². The van der Waals surface area contributed by atoms with Gasteiger partial charge in [-0.15, -0.1) is 0 Å². The Hall–Kier alpha value is -3.35. The maximum Gasteiger partial charge on any atom is 0.326 e. The van der Waals surface area contributed by atoms with E-state index in [1.165, 1.54) is 0 Å². The van der Waals surface area contributed by atoms with Crippen LogP contribution in [0.15, 0.2) is 54.6 Å². The van der Waals surface area contributed by atoms with Crippen molar-refractivity contribution in [1.82, 2.24) is 10.6 Å². The van der Waals surface area contributed by atoms with E-state index < -0.39 is 30.0 Å². The standard InChI is InChI=1S/C20H23N3O4/c1-13-7-5-6-10-15(13)16(23-20(21)27)12-18(24)22-17(19(25)26)11-14-8-3-2-4-9-14/h2-10,16-17H,11-12H2,1H3,(H,22,24)(H,25,26)(H3,21,23,27)/t16?,17-/m0/s1. The molecule has 0 saturated heterocycles. The van der Waals surface area contributed by atoms with Crippen LogP contribution in [-0.2, 0) is 16.0 Å². The fourth-order valence-electron chi connectivity index (χ4n) is 2.88. The van der Waals surface area contributed by atoms with Gasteiger partial charge in [-0.25, -0.2) is 9.59 Å². The first-order valence-electron chi connectivity index (χ1n) is 8.54. The quantitative estimate of drug-likeness (QED) is 0.568. The number of hydrogen-bond acceptors (Lipinski definition) is 3. The molecule has 0 radical (unpaired) electrons. The monoisotopic (exact) mass is 369 g/mol. The van der Waals surface area contributed by atoms with Crippen LogP contribution in [0.3, 0.4) is 0 Å². The van der Waals surface area contributed by atoms with Crippen LogP contribution < -0.4 is 16.4 Å². The Labute approximate surface area is 157 Å². The second-order valence-electron chi connectivity index (χ2n) is 6.27. The smallest absolute Gasteiger partial charge is 0.326 e. The van der Waals surface area contributed by atoms with Gasteiger partial charge in [0.15, 0.2) is 0 Å².